The number of aryl methyl sites for hydroxylation is 1. The Hall–Kier alpha value is -3.67. The van der Waals surface area contributed by atoms with Gasteiger partial charge in [-0.05, 0) is 72.0 Å². The maximum Gasteiger partial charge on any atom is 0.319 e. The molecule has 0 amide bonds. The molecule has 4 aromatic rings. The molecule has 8 nitrogen and oxygen atoms in total. The number of hydrogen-bond donors (Lipinski definition) is 2. The van der Waals surface area contributed by atoms with E-state index in [0.717, 1.165) is 19.4 Å². The number of phenolic OH excluding ortho intramolecular Hbond substituents is 1. The van der Waals surface area contributed by atoms with Gasteiger partial charge in [-0.25, -0.2) is 13.2 Å². The standard InChI is InChI=1S/C34H36F3N5O3/c1-2-24-28(36)7-4-19-10-23(43)11-27(29(19)24)25-5-6-26-31(30(25)37)39-33(45-18-34-8-3-9-41(34)15-20(35)12-34)40-32(26)42-21-13-38-14-22(42)17-44-16-21/h4-7,10-11,20-22,38,43H,2-3,8-9,12-18H2,1H3/t20-,21?,22?,34+/m1/s1. The van der Waals surface area contributed by atoms with Crippen LogP contribution in [0.2, 0.25) is 0 Å². The highest BCUT2D eigenvalue weighted by atomic mass is 19.1. The van der Waals surface area contributed by atoms with E-state index in [1.165, 1.54) is 12.1 Å². The number of fused-ring (bicyclic) bond motifs is 5. The summed E-state index contributed by atoms with van der Waals surface area (Å²) in [5, 5.41) is 15.8. The molecule has 2 N–H and O–H groups in total. The highest BCUT2D eigenvalue weighted by molar-refractivity contribution is 6.03. The summed E-state index contributed by atoms with van der Waals surface area (Å²) in [6.45, 7) is 5.67. The molecule has 2 unspecified atom stereocenters. The molecular weight excluding hydrogens is 583 g/mol. The topological polar surface area (TPSA) is 83.0 Å². The average Bonchev–Trinajstić information content (AvgIpc) is 3.55. The molecule has 0 saturated carbocycles. The predicted molar refractivity (Wildman–Crippen MR) is 166 cm³/mol. The van der Waals surface area contributed by atoms with Crippen LogP contribution in [-0.4, -0.2) is 89.8 Å². The second kappa shape index (κ2) is 11.0. The number of piperazine rings is 1. The fourth-order valence-electron chi connectivity index (χ4n) is 8.18. The van der Waals surface area contributed by atoms with Crippen molar-refractivity contribution < 1.29 is 27.8 Å². The van der Waals surface area contributed by atoms with Crippen LogP contribution in [0.5, 0.6) is 11.8 Å². The van der Waals surface area contributed by atoms with Crippen molar-refractivity contribution in [3.8, 4) is 22.9 Å². The summed E-state index contributed by atoms with van der Waals surface area (Å²) < 4.78 is 58.6. The third-order valence-corrected chi connectivity index (χ3v) is 10.2. The summed E-state index contributed by atoms with van der Waals surface area (Å²) in [5.74, 6) is -0.471. The lowest BCUT2D eigenvalue weighted by Gasteiger charge is -2.47. The predicted octanol–water partition coefficient (Wildman–Crippen LogP) is 5.13. The van der Waals surface area contributed by atoms with Gasteiger partial charge in [-0.15, -0.1) is 0 Å². The van der Waals surface area contributed by atoms with Crippen molar-refractivity contribution in [2.24, 2.45) is 0 Å². The zero-order valence-electron chi connectivity index (χ0n) is 25.2. The molecule has 0 spiro atoms. The quantitative estimate of drug-likeness (QED) is 0.308. The van der Waals surface area contributed by atoms with Crippen LogP contribution >= 0.6 is 0 Å². The molecule has 2 bridgehead atoms. The zero-order chi connectivity index (χ0) is 30.9. The van der Waals surface area contributed by atoms with Gasteiger partial charge in [0.25, 0.3) is 0 Å². The van der Waals surface area contributed by atoms with E-state index < -0.39 is 17.5 Å². The number of nitrogens with zero attached hydrogens (tertiary/aromatic N) is 4. The first-order valence-corrected chi connectivity index (χ1v) is 15.9. The Bertz CT molecular complexity index is 1790. The van der Waals surface area contributed by atoms with Gasteiger partial charge in [-0.2, -0.15) is 9.97 Å². The van der Waals surface area contributed by atoms with Crippen molar-refractivity contribution in [3.63, 3.8) is 0 Å². The number of phenols is 1. The monoisotopic (exact) mass is 619 g/mol. The van der Waals surface area contributed by atoms with Crippen molar-refractivity contribution in [3.05, 3.63) is 53.6 Å². The van der Waals surface area contributed by atoms with Crippen molar-refractivity contribution >= 4 is 27.5 Å². The maximum atomic E-state index is 16.9. The Labute approximate surface area is 259 Å². The van der Waals surface area contributed by atoms with Crippen molar-refractivity contribution in [2.45, 2.75) is 56.4 Å². The fraction of sp³-hybridized carbons (Fsp3) is 0.471. The molecule has 4 atom stereocenters. The molecule has 45 heavy (non-hydrogen) atoms. The Morgan fingerprint density at radius 1 is 1.09 bits per heavy atom. The summed E-state index contributed by atoms with van der Waals surface area (Å²) in [5.41, 5.74) is 0.687. The minimum absolute atomic E-state index is 0.0117. The summed E-state index contributed by atoms with van der Waals surface area (Å²) >= 11 is 0. The number of alkyl halides is 1. The number of nitrogens with one attached hydrogen (secondary N) is 1. The average molecular weight is 620 g/mol. The zero-order valence-corrected chi connectivity index (χ0v) is 25.2. The Balaban J connectivity index is 1.29. The van der Waals surface area contributed by atoms with Crippen LogP contribution < -0.4 is 15.0 Å². The normalized spacial score (nSPS) is 26.6. The van der Waals surface area contributed by atoms with E-state index in [9.17, 15) is 13.9 Å². The van der Waals surface area contributed by atoms with Crippen LogP contribution in [-0.2, 0) is 11.2 Å². The van der Waals surface area contributed by atoms with Gasteiger partial charge in [0.15, 0.2) is 5.82 Å². The summed E-state index contributed by atoms with van der Waals surface area (Å²) in [7, 11) is 0. The van der Waals surface area contributed by atoms with Crippen LogP contribution in [0.3, 0.4) is 0 Å². The van der Waals surface area contributed by atoms with Crippen molar-refractivity contribution in [1.29, 1.82) is 0 Å². The molecule has 8 rings (SSSR count). The number of hydrogen-bond acceptors (Lipinski definition) is 8. The van der Waals surface area contributed by atoms with Gasteiger partial charge in [0.2, 0.25) is 0 Å². The number of aromatic nitrogens is 2. The molecule has 5 heterocycles. The van der Waals surface area contributed by atoms with E-state index >= 15 is 4.39 Å². The molecule has 1 aromatic heterocycles. The third kappa shape index (κ3) is 4.70. The molecular formula is C34H36F3N5O3. The number of benzene rings is 3. The SMILES string of the molecule is CCc1c(F)ccc2cc(O)cc(-c3ccc4c(N5C6CNCC5COC6)nc(OC[C@@]56CCCN5C[C@H](F)C6)nc4c3F)c12. The first kappa shape index (κ1) is 28.8. The number of anilines is 1. The van der Waals surface area contributed by atoms with E-state index in [4.69, 9.17) is 14.5 Å². The number of halogens is 3. The second-order valence-corrected chi connectivity index (χ2v) is 12.9. The fourth-order valence-corrected chi connectivity index (χ4v) is 8.18. The Kier molecular flexibility index (Phi) is 7.03. The number of morpholine rings is 1. The van der Waals surface area contributed by atoms with Crippen molar-refractivity contribution in [1.82, 2.24) is 20.2 Å². The molecule has 4 fully saturated rings. The summed E-state index contributed by atoms with van der Waals surface area (Å²) in [4.78, 5) is 13.9. The van der Waals surface area contributed by atoms with Gasteiger partial charge in [0.05, 0.1) is 30.8 Å². The summed E-state index contributed by atoms with van der Waals surface area (Å²) in [6, 6.07) is 9.48. The van der Waals surface area contributed by atoms with Crippen molar-refractivity contribution in [2.75, 3.05) is 50.9 Å². The lowest BCUT2D eigenvalue weighted by atomic mass is 9.92. The molecule has 4 aliphatic rings. The minimum atomic E-state index is -0.905. The number of ether oxygens (including phenoxy) is 2. The molecule has 11 heteroatoms. The van der Waals surface area contributed by atoms with E-state index in [-0.39, 0.29) is 47.3 Å². The van der Waals surface area contributed by atoms with E-state index in [2.05, 4.69) is 20.1 Å². The van der Waals surface area contributed by atoms with Gasteiger partial charge < -0.3 is 24.8 Å². The van der Waals surface area contributed by atoms with E-state index in [1.54, 1.807) is 24.3 Å². The molecule has 0 aliphatic carbocycles. The molecule has 0 radical (unpaired) electrons. The molecule has 3 aromatic carbocycles. The maximum absolute atomic E-state index is 16.9. The summed E-state index contributed by atoms with van der Waals surface area (Å²) in [6.07, 6.45) is 1.68. The first-order chi connectivity index (χ1) is 21.8. The minimum Gasteiger partial charge on any atom is -0.508 e. The van der Waals surface area contributed by atoms with Crippen LogP contribution in [0.1, 0.15) is 31.7 Å². The van der Waals surface area contributed by atoms with E-state index in [1.807, 2.05) is 6.92 Å². The van der Waals surface area contributed by atoms with Crippen LogP contribution in [0.25, 0.3) is 32.8 Å². The molecule has 4 saturated heterocycles. The van der Waals surface area contributed by atoms with Crippen LogP contribution in [0, 0.1) is 11.6 Å². The molecule has 4 aliphatic heterocycles. The van der Waals surface area contributed by atoms with Gasteiger partial charge in [-0.3, -0.25) is 4.90 Å². The Morgan fingerprint density at radius 3 is 2.71 bits per heavy atom. The second-order valence-electron chi connectivity index (χ2n) is 12.9. The highest BCUT2D eigenvalue weighted by Crippen LogP contribution is 2.43. The first-order valence-electron chi connectivity index (χ1n) is 15.9. The lowest BCUT2D eigenvalue weighted by molar-refractivity contribution is 0.0522. The van der Waals surface area contributed by atoms with Gasteiger partial charge in [-0.1, -0.05) is 19.1 Å². The largest absolute Gasteiger partial charge is 0.508 e. The van der Waals surface area contributed by atoms with Gasteiger partial charge in [0.1, 0.15) is 35.7 Å². The van der Waals surface area contributed by atoms with Gasteiger partial charge >= 0.3 is 6.01 Å². The van der Waals surface area contributed by atoms with Gasteiger partial charge in [0, 0.05) is 37.0 Å². The third-order valence-electron chi connectivity index (χ3n) is 10.2. The smallest absolute Gasteiger partial charge is 0.319 e. The molecule has 236 valence electrons. The highest BCUT2D eigenvalue weighted by Gasteiger charge is 2.49. The van der Waals surface area contributed by atoms with Crippen LogP contribution in [0.4, 0.5) is 19.0 Å². The number of rotatable bonds is 6. The van der Waals surface area contributed by atoms with Crippen LogP contribution in [0.15, 0.2) is 36.4 Å². The number of aromatic hydroxyl groups is 1. The Morgan fingerprint density at radius 2 is 1.91 bits per heavy atom. The lowest BCUT2D eigenvalue weighted by Crippen LogP contribution is -2.64. The van der Waals surface area contributed by atoms with E-state index in [0.29, 0.717) is 78.8 Å².